The molecule has 1 aromatic heterocycles. The molecule has 0 bridgehead atoms. The van der Waals surface area contributed by atoms with Crippen molar-refractivity contribution < 1.29 is 0 Å². The average molecular weight is 674 g/mol. The van der Waals surface area contributed by atoms with Crippen molar-refractivity contribution >= 4 is 75.5 Å². The molecule has 0 N–H and O–H groups in total. The maximum absolute atomic E-state index is 2.52. The fourth-order valence-electron chi connectivity index (χ4n) is 9.08. The van der Waals surface area contributed by atoms with Gasteiger partial charge in [0.15, 0.2) is 0 Å². The molecule has 0 aliphatic heterocycles. The summed E-state index contributed by atoms with van der Waals surface area (Å²) in [5.74, 6) is 0. The SMILES string of the molecule is Cc1c(C)n(-c2cc3ccccc3c3ccccc23)c2cc3c(-c4ccc5ccccc5c4)c4ccccc4c(-c4ccc5ccccc5c4)c3cc12. The molecular weight excluding hydrogens is 639 g/mol. The first-order valence-electron chi connectivity index (χ1n) is 18.5. The predicted octanol–water partition coefficient (Wildman–Crippen LogP) is 14.5. The second kappa shape index (κ2) is 11.4. The number of fused-ring (bicyclic) bond motifs is 8. The summed E-state index contributed by atoms with van der Waals surface area (Å²) in [7, 11) is 0. The van der Waals surface area contributed by atoms with Gasteiger partial charge in [-0.05, 0) is 131 Å². The normalized spacial score (nSPS) is 12.0. The van der Waals surface area contributed by atoms with Crippen LogP contribution in [0.2, 0.25) is 0 Å². The molecule has 0 amide bonds. The first-order valence-corrected chi connectivity index (χ1v) is 18.5. The lowest BCUT2D eigenvalue weighted by Crippen LogP contribution is -1.99. The molecule has 11 rings (SSSR count). The van der Waals surface area contributed by atoms with E-state index in [1.807, 2.05) is 0 Å². The zero-order valence-electron chi connectivity index (χ0n) is 29.7. The van der Waals surface area contributed by atoms with E-state index in [1.165, 1.54) is 115 Å². The molecule has 0 saturated carbocycles. The predicted molar refractivity (Wildman–Crippen MR) is 229 cm³/mol. The lowest BCUT2D eigenvalue weighted by atomic mass is 9.84. The molecule has 0 aliphatic carbocycles. The van der Waals surface area contributed by atoms with E-state index in [9.17, 15) is 0 Å². The summed E-state index contributed by atoms with van der Waals surface area (Å²) < 4.78 is 2.52. The maximum atomic E-state index is 2.52. The molecule has 1 nitrogen and oxygen atoms in total. The first-order chi connectivity index (χ1) is 26.1. The summed E-state index contributed by atoms with van der Waals surface area (Å²) in [6.07, 6.45) is 0. The lowest BCUT2D eigenvalue weighted by molar-refractivity contribution is 1.05. The van der Waals surface area contributed by atoms with Crippen molar-refractivity contribution in [1.29, 1.82) is 0 Å². The van der Waals surface area contributed by atoms with Gasteiger partial charge in [-0.2, -0.15) is 0 Å². The van der Waals surface area contributed by atoms with Crippen molar-refractivity contribution in [3.63, 3.8) is 0 Å². The largest absolute Gasteiger partial charge is 0.313 e. The van der Waals surface area contributed by atoms with Gasteiger partial charge in [-0.1, -0.05) is 146 Å². The second-order valence-electron chi connectivity index (χ2n) is 14.5. The Kier molecular flexibility index (Phi) is 6.45. The standard InChI is InChI=1S/C52H35N/c1-32-33(2)53(49-29-38-17-7-8-18-41(38)42-19-9-10-20-43(42)49)50-31-48-47(30-46(32)50)51(39-25-23-34-13-3-5-15-36(34)27-39)44-21-11-12-22-45(44)52(48)40-26-24-35-14-4-6-16-37(35)28-40/h3-31H,1-2H3. The van der Waals surface area contributed by atoms with Gasteiger partial charge in [-0.15, -0.1) is 0 Å². The monoisotopic (exact) mass is 673 g/mol. The minimum absolute atomic E-state index is 1.22. The Labute approximate surface area is 308 Å². The van der Waals surface area contributed by atoms with Crippen molar-refractivity contribution in [3.05, 3.63) is 187 Å². The molecule has 0 unspecified atom stereocenters. The van der Waals surface area contributed by atoms with Gasteiger partial charge in [0, 0.05) is 16.5 Å². The lowest BCUT2D eigenvalue weighted by Gasteiger charge is -2.20. The zero-order chi connectivity index (χ0) is 35.2. The van der Waals surface area contributed by atoms with Crippen LogP contribution in [0.4, 0.5) is 0 Å². The van der Waals surface area contributed by atoms with Gasteiger partial charge in [0.05, 0.1) is 11.2 Å². The Morgan fingerprint density at radius 3 is 1.40 bits per heavy atom. The van der Waals surface area contributed by atoms with Crippen molar-refractivity contribution in [2.24, 2.45) is 0 Å². The number of nitrogens with zero attached hydrogens (tertiary/aromatic N) is 1. The van der Waals surface area contributed by atoms with Crippen molar-refractivity contribution in [1.82, 2.24) is 4.57 Å². The van der Waals surface area contributed by atoms with Crippen LogP contribution < -0.4 is 0 Å². The Balaban J connectivity index is 1.32. The molecular formula is C52H35N. The van der Waals surface area contributed by atoms with Crippen LogP contribution in [0, 0.1) is 13.8 Å². The number of rotatable bonds is 3. The fraction of sp³-hybridized carbons (Fsp3) is 0.0385. The highest BCUT2D eigenvalue weighted by atomic mass is 15.0. The third kappa shape index (κ3) is 4.44. The average Bonchev–Trinajstić information content (AvgIpc) is 3.45. The molecule has 1 heterocycles. The Morgan fingerprint density at radius 2 is 0.792 bits per heavy atom. The minimum atomic E-state index is 1.22. The molecule has 248 valence electrons. The third-order valence-corrected chi connectivity index (χ3v) is 11.7. The number of hydrogen-bond acceptors (Lipinski definition) is 0. The van der Waals surface area contributed by atoms with E-state index in [-0.39, 0.29) is 0 Å². The summed E-state index contributed by atoms with van der Waals surface area (Å²) in [6.45, 7) is 4.58. The first kappa shape index (κ1) is 30.0. The quantitative estimate of drug-likeness (QED) is 0.130. The molecule has 0 radical (unpaired) electrons. The summed E-state index contributed by atoms with van der Waals surface area (Å²) in [6, 6.07) is 65.4. The highest BCUT2D eigenvalue weighted by Crippen LogP contribution is 2.47. The summed E-state index contributed by atoms with van der Waals surface area (Å²) in [5, 5.41) is 16.4. The van der Waals surface area contributed by atoms with Crippen molar-refractivity contribution in [2.45, 2.75) is 13.8 Å². The maximum Gasteiger partial charge on any atom is 0.0543 e. The number of hydrogen-bond donors (Lipinski definition) is 0. The molecule has 11 aromatic rings. The van der Waals surface area contributed by atoms with Gasteiger partial charge in [-0.25, -0.2) is 0 Å². The van der Waals surface area contributed by atoms with Crippen LogP contribution in [-0.2, 0) is 0 Å². The Bertz CT molecular complexity index is 3300. The van der Waals surface area contributed by atoms with E-state index in [0.717, 1.165) is 0 Å². The van der Waals surface area contributed by atoms with Gasteiger partial charge >= 0.3 is 0 Å². The summed E-state index contributed by atoms with van der Waals surface area (Å²) in [4.78, 5) is 0. The number of benzene rings is 10. The van der Waals surface area contributed by atoms with E-state index < -0.39 is 0 Å². The van der Waals surface area contributed by atoms with Gasteiger partial charge in [-0.3, -0.25) is 0 Å². The highest BCUT2D eigenvalue weighted by molar-refractivity contribution is 6.24. The zero-order valence-corrected chi connectivity index (χ0v) is 29.7. The van der Waals surface area contributed by atoms with E-state index in [1.54, 1.807) is 0 Å². The number of aryl methyl sites for hydroxylation is 1. The van der Waals surface area contributed by atoms with Crippen LogP contribution in [-0.4, -0.2) is 4.57 Å². The highest BCUT2D eigenvalue weighted by Gasteiger charge is 2.22. The van der Waals surface area contributed by atoms with Crippen LogP contribution in [0.3, 0.4) is 0 Å². The second-order valence-corrected chi connectivity index (χ2v) is 14.5. The van der Waals surface area contributed by atoms with Gasteiger partial charge in [0.25, 0.3) is 0 Å². The van der Waals surface area contributed by atoms with Crippen molar-refractivity contribution in [2.75, 3.05) is 0 Å². The molecule has 0 aliphatic rings. The molecule has 53 heavy (non-hydrogen) atoms. The van der Waals surface area contributed by atoms with Crippen molar-refractivity contribution in [3.8, 4) is 27.9 Å². The van der Waals surface area contributed by atoms with E-state index in [0.29, 0.717) is 0 Å². The molecule has 0 saturated heterocycles. The van der Waals surface area contributed by atoms with Crippen LogP contribution in [0.15, 0.2) is 176 Å². The Morgan fingerprint density at radius 1 is 0.321 bits per heavy atom. The van der Waals surface area contributed by atoms with Gasteiger partial charge < -0.3 is 4.57 Å². The fourth-order valence-corrected chi connectivity index (χ4v) is 9.08. The third-order valence-electron chi connectivity index (χ3n) is 11.7. The molecule has 0 atom stereocenters. The topological polar surface area (TPSA) is 4.93 Å². The summed E-state index contributed by atoms with van der Waals surface area (Å²) in [5.41, 5.74) is 10.1. The van der Waals surface area contributed by atoms with Gasteiger partial charge in [0.2, 0.25) is 0 Å². The molecule has 1 heteroatoms. The van der Waals surface area contributed by atoms with E-state index >= 15 is 0 Å². The molecule has 0 spiro atoms. The number of aromatic nitrogens is 1. The summed E-state index contributed by atoms with van der Waals surface area (Å²) >= 11 is 0. The van der Waals surface area contributed by atoms with Gasteiger partial charge in [0.1, 0.15) is 0 Å². The van der Waals surface area contributed by atoms with Crippen LogP contribution in [0.5, 0.6) is 0 Å². The van der Waals surface area contributed by atoms with Crippen LogP contribution in [0.1, 0.15) is 11.3 Å². The minimum Gasteiger partial charge on any atom is -0.313 e. The Hall–Kier alpha value is -6.70. The van der Waals surface area contributed by atoms with E-state index in [2.05, 4.69) is 194 Å². The molecule has 0 fully saturated rings. The molecule has 10 aromatic carbocycles. The smallest absolute Gasteiger partial charge is 0.0543 e. The van der Waals surface area contributed by atoms with Crippen LogP contribution in [0.25, 0.3) is 103 Å². The van der Waals surface area contributed by atoms with E-state index in [4.69, 9.17) is 0 Å². The van der Waals surface area contributed by atoms with Crippen LogP contribution >= 0.6 is 0 Å².